The fourth-order valence-electron chi connectivity index (χ4n) is 1.61. The molecule has 0 N–H and O–H groups in total. The van der Waals surface area contributed by atoms with Crippen molar-refractivity contribution in [1.29, 1.82) is 5.26 Å². The molecule has 1 saturated heterocycles. The Morgan fingerprint density at radius 2 is 2.44 bits per heavy atom. The Bertz CT molecular complexity index is 408. The monoisotopic (exact) mass is 221 g/mol. The van der Waals surface area contributed by atoms with E-state index in [-0.39, 0.29) is 11.7 Å². The molecule has 1 aliphatic heterocycles. The van der Waals surface area contributed by atoms with E-state index >= 15 is 0 Å². The summed E-state index contributed by atoms with van der Waals surface area (Å²) in [4.78, 5) is 0. The van der Waals surface area contributed by atoms with Crippen molar-refractivity contribution < 1.29 is 13.9 Å². The predicted molar refractivity (Wildman–Crippen MR) is 55.1 cm³/mol. The van der Waals surface area contributed by atoms with Crippen molar-refractivity contribution in [3.8, 4) is 6.07 Å². The van der Waals surface area contributed by atoms with Crippen LogP contribution in [-0.4, -0.2) is 19.3 Å². The zero-order valence-electron chi connectivity index (χ0n) is 8.78. The number of rotatable bonds is 3. The summed E-state index contributed by atoms with van der Waals surface area (Å²) in [5, 5.41) is 8.67. The molecule has 1 heterocycles. The van der Waals surface area contributed by atoms with E-state index in [1.54, 1.807) is 6.07 Å². The van der Waals surface area contributed by atoms with E-state index in [0.717, 1.165) is 18.6 Å². The lowest BCUT2D eigenvalue weighted by Crippen LogP contribution is -2.11. The first-order valence-corrected chi connectivity index (χ1v) is 5.17. The number of hydrogen-bond acceptors (Lipinski definition) is 3. The van der Waals surface area contributed by atoms with E-state index in [0.29, 0.717) is 13.2 Å². The number of benzene rings is 1. The van der Waals surface area contributed by atoms with Gasteiger partial charge in [0.05, 0.1) is 24.9 Å². The van der Waals surface area contributed by atoms with Gasteiger partial charge >= 0.3 is 0 Å². The number of nitriles is 1. The maximum absolute atomic E-state index is 13.0. The zero-order valence-corrected chi connectivity index (χ0v) is 8.78. The molecule has 0 saturated carbocycles. The molecule has 2 rings (SSSR count). The molecule has 84 valence electrons. The molecule has 0 radical (unpaired) electrons. The van der Waals surface area contributed by atoms with Gasteiger partial charge in [0, 0.05) is 6.61 Å². The van der Waals surface area contributed by atoms with E-state index < -0.39 is 5.82 Å². The number of halogens is 1. The van der Waals surface area contributed by atoms with Gasteiger partial charge < -0.3 is 9.47 Å². The first-order chi connectivity index (χ1) is 7.79. The van der Waals surface area contributed by atoms with Crippen LogP contribution in [0.4, 0.5) is 4.39 Å². The standard InChI is InChI=1S/C12H12FNO2/c13-12-2-1-9(5-10(12)6-14)7-16-11-3-4-15-8-11/h1-2,5,11H,3-4,7-8H2. The van der Waals surface area contributed by atoms with Gasteiger partial charge in [-0.05, 0) is 24.1 Å². The van der Waals surface area contributed by atoms with Gasteiger partial charge in [0.25, 0.3) is 0 Å². The molecular formula is C12H12FNO2. The van der Waals surface area contributed by atoms with Gasteiger partial charge in [0.2, 0.25) is 0 Å². The van der Waals surface area contributed by atoms with Crippen LogP contribution in [0.2, 0.25) is 0 Å². The minimum atomic E-state index is -0.490. The van der Waals surface area contributed by atoms with Crippen LogP contribution >= 0.6 is 0 Å². The molecule has 4 heteroatoms. The molecule has 0 bridgehead atoms. The minimum Gasteiger partial charge on any atom is -0.379 e. The van der Waals surface area contributed by atoms with Crippen molar-refractivity contribution >= 4 is 0 Å². The highest BCUT2D eigenvalue weighted by Gasteiger charge is 2.16. The van der Waals surface area contributed by atoms with Crippen LogP contribution in [-0.2, 0) is 16.1 Å². The average molecular weight is 221 g/mol. The second kappa shape index (κ2) is 5.06. The van der Waals surface area contributed by atoms with Gasteiger partial charge in [-0.25, -0.2) is 4.39 Å². The molecule has 1 aromatic rings. The molecule has 1 fully saturated rings. The molecule has 0 aromatic heterocycles. The highest BCUT2D eigenvalue weighted by Crippen LogP contribution is 2.14. The van der Waals surface area contributed by atoms with Crippen LogP contribution in [0.5, 0.6) is 0 Å². The molecule has 0 amide bonds. The first-order valence-electron chi connectivity index (χ1n) is 5.17. The van der Waals surface area contributed by atoms with Gasteiger partial charge in [-0.2, -0.15) is 5.26 Å². The van der Waals surface area contributed by atoms with Crippen molar-refractivity contribution in [3.05, 3.63) is 35.1 Å². The molecule has 1 aromatic carbocycles. The van der Waals surface area contributed by atoms with Crippen molar-refractivity contribution in [2.45, 2.75) is 19.1 Å². The molecule has 0 spiro atoms. The van der Waals surface area contributed by atoms with Crippen molar-refractivity contribution in [3.63, 3.8) is 0 Å². The molecule has 0 aliphatic carbocycles. The van der Waals surface area contributed by atoms with Gasteiger partial charge in [-0.3, -0.25) is 0 Å². The van der Waals surface area contributed by atoms with Crippen LogP contribution in [0.15, 0.2) is 18.2 Å². The fraction of sp³-hybridized carbons (Fsp3) is 0.417. The molecular weight excluding hydrogens is 209 g/mol. The second-order valence-corrected chi connectivity index (χ2v) is 3.72. The minimum absolute atomic E-state index is 0.0590. The highest BCUT2D eigenvalue weighted by atomic mass is 19.1. The number of nitrogens with zero attached hydrogens (tertiary/aromatic N) is 1. The van der Waals surface area contributed by atoms with Crippen LogP contribution in [0.25, 0.3) is 0 Å². The zero-order chi connectivity index (χ0) is 11.4. The Kier molecular flexibility index (Phi) is 3.50. The van der Waals surface area contributed by atoms with Crippen LogP contribution in [0.1, 0.15) is 17.5 Å². The predicted octanol–water partition coefficient (Wildman–Crippen LogP) is 2.00. The van der Waals surface area contributed by atoms with E-state index in [1.165, 1.54) is 12.1 Å². The molecule has 16 heavy (non-hydrogen) atoms. The van der Waals surface area contributed by atoms with Gasteiger partial charge in [0.15, 0.2) is 0 Å². The maximum atomic E-state index is 13.0. The Labute approximate surface area is 93.4 Å². The van der Waals surface area contributed by atoms with Gasteiger partial charge in [-0.15, -0.1) is 0 Å². The van der Waals surface area contributed by atoms with Crippen LogP contribution in [0.3, 0.4) is 0 Å². The Morgan fingerprint density at radius 1 is 1.56 bits per heavy atom. The van der Waals surface area contributed by atoms with Gasteiger partial charge in [-0.1, -0.05) is 6.07 Å². The first kappa shape index (κ1) is 11.1. The van der Waals surface area contributed by atoms with E-state index in [2.05, 4.69) is 0 Å². The van der Waals surface area contributed by atoms with E-state index in [4.69, 9.17) is 14.7 Å². The summed E-state index contributed by atoms with van der Waals surface area (Å²) in [6.07, 6.45) is 1.02. The quantitative estimate of drug-likeness (QED) is 0.784. The third kappa shape index (κ3) is 2.57. The van der Waals surface area contributed by atoms with Gasteiger partial charge in [0.1, 0.15) is 11.9 Å². The summed E-state index contributed by atoms with van der Waals surface area (Å²) in [6.45, 7) is 1.74. The number of ether oxygens (including phenoxy) is 2. The van der Waals surface area contributed by atoms with Crippen LogP contribution in [0, 0.1) is 17.1 Å². The molecule has 3 nitrogen and oxygen atoms in total. The lowest BCUT2D eigenvalue weighted by Gasteiger charge is -2.09. The average Bonchev–Trinajstić information content (AvgIpc) is 2.81. The Balaban J connectivity index is 1.96. The highest BCUT2D eigenvalue weighted by molar-refractivity contribution is 5.34. The Hall–Kier alpha value is -1.44. The normalized spacial score (nSPS) is 19.6. The lowest BCUT2D eigenvalue weighted by atomic mass is 10.1. The van der Waals surface area contributed by atoms with E-state index in [1.807, 2.05) is 6.07 Å². The molecule has 1 aliphatic rings. The summed E-state index contributed by atoms with van der Waals surface area (Å²) in [5.41, 5.74) is 0.869. The summed E-state index contributed by atoms with van der Waals surface area (Å²) in [5.74, 6) is -0.490. The Morgan fingerprint density at radius 3 is 3.12 bits per heavy atom. The van der Waals surface area contributed by atoms with Crippen molar-refractivity contribution in [1.82, 2.24) is 0 Å². The third-order valence-corrected chi connectivity index (χ3v) is 2.52. The topological polar surface area (TPSA) is 42.2 Å². The summed E-state index contributed by atoms with van der Waals surface area (Å²) < 4.78 is 23.8. The summed E-state index contributed by atoms with van der Waals surface area (Å²) in [7, 11) is 0. The SMILES string of the molecule is N#Cc1cc(COC2CCOC2)ccc1F. The maximum Gasteiger partial charge on any atom is 0.140 e. The fourth-order valence-corrected chi connectivity index (χ4v) is 1.61. The molecule has 1 atom stereocenters. The van der Waals surface area contributed by atoms with Crippen molar-refractivity contribution in [2.75, 3.05) is 13.2 Å². The van der Waals surface area contributed by atoms with Crippen LogP contribution < -0.4 is 0 Å². The summed E-state index contributed by atoms with van der Waals surface area (Å²) in [6, 6.07) is 6.25. The molecule has 1 unspecified atom stereocenters. The largest absolute Gasteiger partial charge is 0.379 e. The smallest absolute Gasteiger partial charge is 0.140 e. The third-order valence-electron chi connectivity index (χ3n) is 2.52. The summed E-state index contributed by atoms with van der Waals surface area (Å²) >= 11 is 0. The second-order valence-electron chi connectivity index (χ2n) is 3.72. The lowest BCUT2D eigenvalue weighted by molar-refractivity contribution is 0.0317. The van der Waals surface area contributed by atoms with E-state index in [9.17, 15) is 4.39 Å². The van der Waals surface area contributed by atoms with Crippen molar-refractivity contribution in [2.24, 2.45) is 0 Å². The number of hydrogen-bond donors (Lipinski definition) is 0.